The lowest BCUT2D eigenvalue weighted by molar-refractivity contribution is -0.160. The van der Waals surface area contributed by atoms with Crippen LogP contribution >= 0.6 is 11.6 Å². The predicted octanol–water partition coefficient (Wildman–Crippen LogP) is 4.39. The van der Waals surface area contributed by atoms with Gasteiger partial charge in [-0.15, -0.1) is 0 Å². The van der Waals surface area contributed by atoms with Gasteiger partial charge in [0.05, 0.1) is 13.1 Å². The zero-order valence-corrected chi connectivity index (χ0v) is 19.5. The molecule has 0 N–H and O–H groups in total. The molecule has 170 valence electrons. The van der Waals surface area contributed by atoms with Gasteiger partial charge in [-0.2, -0.15) is 0 Å². The number of ether oxygens (including phenoxy) is 3. The van der Waals surface area contributed by atoms with Crippen LogP contribution in [0.15, 0.2) is 24.3 Å². The second-order valence-corrected chi connectivity index (χ2v) is 10.4. The highest BCUT2D eigenvalue weighted by atomic mass is 35.5. The lowest BCUT2D eigenvalue weighted by Crippen LogP contribution is -2.46. The van der Waals surface area contributed by atoms with E-state index in [0.29, 0.717) is 10.7 Å². The summed E-state index contributed by atoms with van der Waals surface area (Å²) in [6.07, 6.45) is -1.10. The van der Waals surface area contributed by atoms with Gasteiger partial charge in [0.25, 0.3) is 0 Å². The maximum atomic E-state index is 12.9. The third kappa shape index (κ3) is 5.42. The summed E-state index contributed by atoms with van der Waals surface area (Å²) in [7, 11) is 0. The molecule has 2 saturated heterocycles. The summed E-state index contributed by atoms with van der Waals surface area (Å²) in [6.45, 7) is 10.7. The highest BCUT2D eigenvalue weighted by Crippen LogP contribution is 2.39. The standard InChI is InChI=1S/C22H29ClN2O6/c1-20(2,3)29-17(26)16-11-22(13-25(16)19(28)30-21(4,5)6)12-24(18(27)31-22)15-9-7-8-14(23)10-15/h7-10,16H,11-13H2,1-6H3/t16-,22+/m0/s1. The molecule has 8 nitrogen and oxygen atoms in total. The molecule has 2 fully saturated rings. The van der Waals surface area contributed by atoms with Crippen molar-refractivity contribution in [2.24, 2.45) is 0 Å². The molecule has 0 saturated carbocycles. The third-order valence-electron chi connectivity index (χ3n) is 4.80. The van der Waals surface area contributed by atoms with Crippen LogP contribution in [0.2, 0.25) is 5.02 Å². The molecular formula is C22H29ClN2O6. The number of halogens is 1. The van der Waals surface area contributed by atoms with Crippen molar-refractivity contribution >= 4 is 35.4 Å². The molecule has 0 bridgehead atoms. The van der Waals surface area contributed by atoms with Gasteiger partial charge in [-0.25, -0.2) is 14.4 Å². The van der Waals surface area contributed by atoms with Crippen molar-refractivity contribution in [2.45, 2.75) is 70.8 Å². The Kier molecular flexibility index (Phi) is 5.90. The zero-order chi connectivity index (χ0) is 23.2. The van der Waals surface area contributed by atoms with Crippen LogP contribution in [0.4, 0.5) is 15.3 Å². The van der Waals surface area contributed by atoms with Crippen molar-refractivity contribution in [1.29, 1.82) is 0 Å². The fourth-order valence-electron chi connectivity index (χ4n) is 3.69. The number of anilines is 1. The molecule has 0 aromatic heterocycles. The first-order chi connectivity index (χ1) is 14.2. The number of amides is 2. The lowest BCUT2D eigenvalue weighted by atomic mass is 10.00. The van der Waals surface area contributed by atoms with Crippen molar-refractivity contribution < 1.29 is 28.6 Å². The first kappa shape index (κ1) is 23.2. The Morgan fingerprint density at radius 2 is 1.74 bits per heavy atom. The van der Waals surface area contributed by atoms with E-state index in [9.17, 15) is 14.4 Å². The van der Waals surface area contributed by atoms with Crippen LogP contribution in [0.1, 0.15) is 48.0 Å². The Balaban J connectivity index is 1.87. The second-order valence-electron chi connectivity index (χ2n) is 9.98. The summed E-state index contributed by atoms with van der Waals surface area (Å²) in [4.78, 5) is 41.2. The number of rotatable bonds is 2. The van der Waals surface area contributed by atoms with Crippen LogP contribution < -0.4 is 4.90 Å². The van der Waals surface area contributed by atoms with E-state index in [1.165, 1.54) is 9.80 Å². The minimum Gasteiger partial charge on any atom is -0.458 e. The van der Waals surface area contributed by atoms with Crippen LogP contribution in [-0.4, -0.2) is 59.0 Å². The number of hydrogen-bond acceptors (Lipinski definition) is 6. The summed E-state index contributed by atoms with van der Waals surface area (Å²) in [6, 6.07) is 5.93. The normalized spacial score (nSPS) is 23.8. The van der Waals surface area contributed by atoms with Gasteiger partial charge in [-0.05, 0) is 59.7 Å². The van der Waals surface area contributed by atoms with Gasteiger partial charge < -0.3 is 14.2 Å². The molecular weight excluding hydrogens is 424 g/mol. The Bertz CT molecular complexity index is 853. The zero-order valence-electron chi connectivity index (χ0n) is 18.7. The van der Waals surface area contributed by atoms with Crippen molar-refractivity contribution in [3.05, 3.63) is 29.3 Å². The highest BCUT2D eigenvalue weighted by Gasteiger charge is 2.58. The Labute approximate surface area is 187 Å². The number of esters is 1. The first-order valence-electron chi connectivity index (χ1n) is 10.2. The number of hydrogen-bond donors (Lipinski definition) is 0. The van der Waals surface area contributed by atoms with E-state index >= 15 is 0 Å². The molecule has 0 unspecified atom stereocenters. The topological polar surface area (TPSA) is 85.4 Å². The number of nitrogens with zero attached hydrogens (tertiary/aromatic N) is 2. The second kappa shape index (κ2) is 7.89. The van der Waals surface area contributed by atoms with Gasteiger partial charge in [0.1, 0.15) is 17.2 Å². The van der Waals surface area contributed by atoms with Gasteiger partial charge in [0, 0.05) is 17.1 Å². The molecule has 1 spiro atoms. The maximum Gasteiger partial charge on any atom is 0.415 e. The predicted molar refractivity (Wildman–Crippen MR) is 115 cm³/mol. The van der Waals surface area contributed by atoms with Gasteiger partial charge in [-0.1, -0.05) is 17.7 Å². The van der Waals surface area contributed by atoms with Gasteiger partial charge >= 0.3 is 18.2 Å². The molecule has 31 heavy (non-hydrogen) atoms. The summed E-state index contributed by atoms with van der Waals surface area (Å²) in [5, 5.41) is 0.486. The molecule has 1 aromatic carbocycles. The van der Waals surface area contributed by atoms with E-state index in [0.717, 1.165) is 0 Å². The number of benzene rings is 1. The van der Waals surface area contributed by atoms with Crippen LogP contribution in [0.3, 0.4) is 0 Å². The number of carbonyl (C=O) groups excluding carboxylic acids is 3. The molecule has 2 heterocycles. The van der Waals surface area contributed by atoms with Gasteiger partial charge in [0.15, 0.2) is 5.60 Å². The summed E-state index contributed by atoms with van der Waals surface area (Å²) in [5.74, 6) is -0.563. The van der Waals surface area contributed by atoms with Crippen molar-refractivity contribution in [1.82, 2.24) is 4.90 Å². The van der Waals surface area contributed by atoms with Gasteiger partial charge in [-0.3, -0.25) is 9.80 Å². The Morgan fingerprint density at radius 3 is 2.32 bits per heavy atom. The quantitative estimate of drug-likeness (QED) is 0.488. The van der Waals surface area contributed by atoms with E-state index in [2.05, 4.69) is 0 Å². The molecule has 2 aliphatic heterocycles. The monoisotopic (exact) mass is 452 g/mol. The van der Waals surface area contributed by atoms with E-state index in [1.807, 2.05) is 0 Å². The molecule has 3 rings (SSSR count). The Morgan fingerprint density at radius 1 is 1.10 bits per heavy atom. The van der Waals surface area contributed by atoms with E-state index in [1.54, 1.807) is 65.8 Å². The largest absolute Gasteiger partial charge is 0.458 e. The minimum atomic E-state index is -1.06. The van der Waals surface area contributed by atoms with E-state index in [-0.39, 0.29) is 19.5 Å². The van der Waals surface area contributed by atoms with Crippen LogP contribution in [0.25, 0.3) is 0 Å². The number of carbonyl (C=O) groups is 3. The third-order valence-corrected chi connectivity index (χ3v) is 5.03. The molecule has 0 aliphatic carbocycles. The molecule has 2 aliphatic rings. The molecule has 1 aromatic rings. The molecule has 2 amide bonds. The Hall–Kier alpha value is -2.48. The van der Waals surface area contributed by atoms with Gasteiger partial charge in [0.2, 0.25) is 0 Å². The molecule has 9 heteroatoms. The van der Waals surface area contributed by atoms with Crippen molar-refractivity contribution in [2.75, 3.05) is 18.0 Å². The summed E-state index contributed by atoms with van der Waals surface area (Å²) in [5.41, 5.74) is -1.95. The molecule has 2 atom stereocenters. The highest BCUT2D eigenvalue weighted by molar-refractivity contribution is 6.30. The SMILES string of the molecule is CC(C)(C)OC(=O)[C@@H]1C[C@@]2(CN(c3cccc(Cl)c3)C(=O)O2)CN1C(=O)OC(C)(C)C. The summed E-state index contributed by atoms with van der Waals surface area (Å²) < 4.78 is 16.8. The van der Waals surface area contributed by atoms with Crippen LogP contribution in [0.5, 0.6) is 0 Å². The van der Waals surface area contributed by atoms with E-state index in [4.69, 9.17) is 25.8 Å². The average molecular weight is 453 g/mol. The first-order valence-corrected chi connectivity index (χ1v) is 10.5. The number of likely N-dealkylation sites (tertiary alicyclic amines) is 1. The van der Waals surface area contributed by atoms with E-state index < -0.39 is 41.0 Å². The maximum absolute atomic E-state index is 12.9. The minimum absolute atomic E-state index is 0.0224. The summed E-state index contributed by atoms with van der Waals surface area (Å²) >= 11 is 6.07. The molecule has 0 radical (unpaired) electrons. The smallest absolute Gasteiger partial charge is 0.415 e. The fraction of sp³-hybridized carbons (Fsp3) is 0.591. The van der Waals surface area contributed by atoms with Crippen LogP contribution in [0, 0.1) is 0 Å². The van der Waals surface area contributed by atoms with Crippen LogP contribution in [-0.2, 0) is 19.0 Å². The lowest BCUT2D eigenvalue weighted by Gasteiger charge is -2.29. The fourth-order valence-corrected chi connectivity index (χ4v) is 3.88. The average Bonchev–Trinajstić information content (AvgIpc) is 3.12. The van der Waals surface area contributed by atoms with Crippen molar-refractivity contribution in [3.8, 4) is 0 Å². The van der Waals surface area contributed by atoms with Crippen molar-refractivity contribution in [3.63, 3.8) is 0 Å².